The van der Waals surface area contributed by atoms with Crippen molar-refractivity contribution in [2.75, 3.05) is 5.32 Å². The van der Waals surface area contributed by atoms with E-state index in [1.807, 2.05) is 0 Å². The molecule has 96 valence electrons. The highest BCUT2D eigenvalue weighted by Gasteiger charge is 1.99. The molecule has 2 N–H and O–H groups in total. The normalized spacial score (nSPS) is 10.6. The molecule has 2 aromatic rings. The van der Waals surface area contributed by atoms with Crippen LogP contribution in [0.15, 0.2) is 54.6 Å². The third kappa shape index (κ3) is 3.96. The van der Waals surface area contributed by atoms with Crippen LogP contribution in [0.3, 0.4) is 0 Å². The first-order valence-electron chi connectivity index (χ1n) is 5.67. The van der Waals surface area contributed by atoms with Gasteiger partial charge in [0, 0.05) is 11.8 Å². The van der Waals surface area contributed by atoms with Gasteiger partial charge in [0.1, 0.15) is 11.6 Å². The van der Waals surface area contributed by atoms with E-state index in [2.05, 4.69) is 5.32 Å². The molecule has 0 aliphatic carbocycles. The first-order chi connectivity index (χ1) is 9.13. The molecule has 0 aromatic heterocycles. The summed E-state index contributed by atoms with van der Waals surface area (Å²) in [5, 5.41) is 11.7. The number of anilines is 1. The van der Waals surface area contributed by atoms with Gasteiger partial charge in [-0.2, -0.15) is 0 Å². The fourth-order valence-electron chi connectivity index (χ4n) is 1.51. The molecule has 0 spiro atoms. The van der Waals surface area contributed by atoms with Crippen molar-refractivity contribution in [2.45, 2.75) is 0 Å². The van der Waals surface area contributed by atoms with Gasteiger partial charge in [-0.05, 0) is 42.0 Å². The van der Waals surface area contributed by atoms with E-state index in [4.69, 9.17) is 5.11 Å². The molecular formula is C15H12FNO2. The molecule has 0 radical (unpaired) electrons. The Morgan fingerprint density at radius 1 is 1.16 bits per heavy atom. The molecule has 0 atom stereocenters. The Labute approximate surface area is 110 Å². The first kappa shape index (κ1) is 12.8. The first-order valence-corrected chi connectivity index (χ1v) is 5.67. The molecule has 19 heavy (non-hydrogen) atoms. The van der Waals surface area contributed by atoms with E-state index in [-0.39, 0.29) is 11.7 Å². The Morgan fingerprint density at radius 2 is 1.89 bits per heavy atom. The van der Waals surface area contributed by atoms with Crippen molar-refractivity contribution in [3.8, 4) is 5.75 Å². The Kier molecular flexibility index (Phi) is 3.93. The van der Waals surface area contributed by atoms with E-state index in [9.17, 15) is 9.18 Å². The predicted octanol–water partition coefficient (Wildman–Crippen LogP) is 3.18. The van der Waals surface area contributed by atoms with Gasteiger partial charge in [-0.3, -0.25) is 4.79 Å². The number of nitrogens with one attached hydrogen (secondary N) is 1. The number of amides is 1. The van der Waals surface area contributed by atoms with Crippen LogP contribution >= 0.6 is 0 Å². The predicted molar refractivity (Wildman–Crippen MR) is 72.2 cm³/mol. The number of halogens is 1. The molecule has 0 unspecified atom stereocenters. The highest BCUT2D eigenvalue weighted by molar-refractivity contribution is 6.01. The summed E-state index contributed by atoms with van der Waals surface area (Å²) < 4.78 is 12.9. The second-order valence-electron chi connectivity index (χ2n) is 3.92. The molecule has 2 aromatic carbocycles. The molecule has 0 aliphatic heterocycles. The number of carbonyl (C=O) groups excluding carboxylic acids is 1. The number of benzene rings is 2. The van der Waals surface area contributed by atoms with E-state index >= 15 is 0 Å². The van der Waals surface area contributed by atoms with Crippen LogP contribution < -0.4 is 5.32 Å². The Hall–Kier alpha value is -2.62. The lowest BCUT2D eigenvalue weighted by atomic mass is 10.2. The maximum Gasteiger partial charge on any atom is 0.248 e. The number of aromatic hydroxyl groups is 1. The minimum Gasteiger partial charge on any atom is -0.508 e. The van der Waals surface area contributed by atoms with E-state index in [1.54, 1.807) is 24.3 Å². The van der Waals surface area contributed by atoms with E-state index < -0.39 is 5.82 Å². The average molecular weight is 257 g/mol. The molecular weight excluding hydrogens is 245 g/mol. The fraction of sp³-hybridized carbons (Fsp3) is 0. The van der Waals surface area contributed by atoms with Crippen LogP contribution in [0.4, 0.5) is 10.1 Å². The van der Waals surface area contributed by atoms with Crippen LogP contribution in [0.25, 0.3) is 6.08 Å². The van der Waals surface area contributed by atoms with Crippen molar-refractivity contribution in [1.29, 1.82) is 0 Å². The maximum atomic E-state index is 12.9. The lowest BCUT2D eigenvalue weighted by Crippen LogP contribution is -2.07. The number of phenols is 1. The molecule has 3 nitrogen and oxygen atoms in total. The zero-order valence-corrected chi connectivity index (χ0v) is 10.0. The molecule has 0 saturated carbocycles. The van der Waals surface area contributed by atoms with Crippen molar-refractivity contribution in [1.82, 2.24) is 0 Å². The summed E-state index contributed by atoms with van der Waals surface area (Å²) in [5.74, 6) is -0.583. The minimum absolute atomic E-state index is 0.168. The Bertz CT molecular complexity index is 606. The standard InChI is InChI=1S/C15H12FNO2/c16-12-2-1-3-13(10-12)17-15(19)9-6-11-4-7-14(18)8-5-11/h1-10,18H,(H,17,19)/b9-6+. The summed E-state index contributed by atoms with van der Waals surface area (Å²) in [4.78, 5) is 11.6. The number of rotatable bonds is 3. The van der Waals surface area contributed by atoms with Crippen LogP contribution in [-0.4, -0.2) is 11.0 Å². The Morgan fingerprint density at radius 3 is 2.58 bits per heavy atom. The molecule has 1 amide bonds. The van der Waals surface area contributed by atoms with Crippen molar-refractivity contribution in [3.63, 3.8) is 0 Å². The highest BCUT2D eigenvalue weighted by Crippen LogP contribution is 2.12. The SMILES string of the molecule is O=C(/C=C/c1ccc(O)cc1)Nc1cccc(F)c1. The summed E-state index contributed by atoms with van der Waals surface area (Å²) in [5.41, 5.74) is 1.19. The molecule has 4 heteroatoms. The van der Waals surface area contributed by atoms with Crippen molar-refractivity contribution >= 4 is 17.7 Å². The van der Waals surface area contributed by atoms with Gasteiger partial charge in [-0.25, -0.2) is 4.39 Å². The molecule has 0 heterocycles. The smallest absolute Gasteiger partial charge is 0.248 e. The number of hydrogen-bond acceptors (Lipinski definition) is 2. The quantitative estimate of drug-likeness (QED) is 0.830. The van der Waals surface area contributed by atoms with Crippen LogP contribution in [0.2, 0.25) is 0 Å². The summed E-state index contributed by atoms with van der Waals surface area (Å²) in [7, 11) is 0. The number of phenolic OH excluding ortho intramolecular Hbond substituents is 1. The van der Waals surface area contributed by atoms with Gasteiger partial charge in [-0.1, -0.05) is 18.2 Å². The number of carbonyl (C=O) groups is 1. The topological polar surface area (TPSA) is 49.3 Å². The van der Waals surface area contributed by atoms with Crippen LogP contribution in [0, 0.1) is 5.82 Å². The summed E-state index contributed by atoms with van der Waals surface area (Å²) in [6, 6.07) is 12.1. The Balaban J connectivity index is 1.99. The fourth-order valence-corrected chi connectivity index (χ4v) is 1.51. The summed E-state index contributed by atoms with van der Waals surface area (Å²) >= 11 is 0. The molecule has 0 fully saturated rings. The third-order valence-electron chi connectivity index (χ3n) is 2.41. The minimum atomic E-state index is -0.402. The van der Waals surface area contributed by atoms with Gasteiger partial charge in [0.25, 0.3) is 0 Å². The van der Waals surface area contributed by atoms with Crippen molar-refractivity contribution < 1.29 is 14.3 Å². The maximum absolute atomic E-state index is 12.9. The third-order valence-corrected chi connectivity index (χ3v) is 2.41. The van der Waals surface area contributed by atoms with Gasteiger partial charge in [0.05, 0.1) is 0 Å². The lowest BCUT2D eigenvalue weighted by Gasteiger charge is -2.01. The van der Waals surface area contributed by atoms with Crippen LogP contribution in [0.1, 0.15) is 5.56 Å². The van der Waals surface area contributed by atoms with Gasteiger partial charge >= 0.3 is 0 Å². The summed E-state index contributed by atoms with van der Waals surface area (Å²) in [6.45, 7) is 0. The zero-order valence-electron chi connectivity index (χ0n) is 10.0. The van der Waals surface area contributed by atoms with Crippen LogP contribution in [-0.2, 0) is 4.79 Å². The highest BCUT2D eigenvalue weighted by atomic mass is 19.1. The summed E-state index contributed by atoms with van der Waals surface area (Å²) in [6.07, 6.45) is 2.95. The van der Waals surface area contributed by atoms with Crippen molar-refractivity contribution in [2.24, 2.45) is 0 Å². The molecule has 0 saturated heterocycles. The lowest BCUT2D eigenvalue weighted by molar-refractivity contribution is -0.111. The largest absolute Gasteiger partial charge is 0.508 e. The second kappa shape index (κ2) is 5.82. The van der Waals surface area contributed by atoms with Gasteiger partial charge in [0.15, 0.2) is 0 Å². The zero-order chi connectivity index (χ0) is 13.7. The van der Waals surface area contributed by atoms with Crippen molar-refractivity contribution in [3.05, 3.63) is 66.0 Å². The average Bonchev–Trinajstić information content (AvgIpc) is 2.38. The molecule has 0 bridgehead atoms. The monoisotopic (exact) mass is 257 g/mol. The van der Waals surface area contributed by atoms with Gasteiger partial charge in [-0.15, -0.1) is 0 Å². The van der Waals surface area contributed by atoms with Gasteiger partial charge < -0.3 is 10.4 Å². The molecule has 0 aliphatic rings. The van der Waals surface area contributed by atoms with Crippen LogP contribution in [0.5, 0.6) is 5.75 Å². The van der Waals surface area contributed by atoms with E-state index in [0.29, 0.717) is 5.69 Å². The second-order valence-corrected chi connectivity index (χ2v) is 3.92. The van der Waals surface area contributed by atoms with E-state index in [0.717, 1.165) is 5.56 Å². The van der Waals surface area contributed by atoms with Gasteiger partial charge in [0.2, 0.25) is 5.91 Å². The molecule has 2 rings (SSSR count). The van der Waals surface area contributed by atoms with E-state index in [1.165, 1.54) is 36.4 Å². The number of hydrogen-bond donors (Lipinski definition) is 2.